The summed E-state index contributed by atoms with van der Waals surface area (Å²) >= 11 is 0. The number of allylic oxidation sites excluding steroid dienone is 4. The van der Waals surface area contributed by atoms with Crippen LogP contribution >= 0.6 is 0 Å². The summed E-state index contributed by atoms with van der Waals surface area (Å²) in [6, 6.07) is 6.35. The van der Waals surface area contributed by atoms with Gasteiger partial charge in [0.05, 0.1) is 12.2 Å². The summed E-state index contributed by atoms with van der Waals surface area (Å²) in [5.74, 6) is -0.0492. The van der Waals surface area contributed by atoms with E-state index in [1.807, 2.05) is 77.1 Å². The Bertz CT molecular complexity index is 910. The van der Waals surface area contributed by atoms with Crippen molar-refractivity contribution in [2.24, 2.45) is 35.3 Å². The van der Waals surface area contributed by atoms with Crippen LogP contribution in [0.4, 0.5) is 4.79 Å². The summed E-state index contributed by atoms with van der Waals surface area (Å²) in [5.41, 5.74) is 6.47. The second-order valence-electron chi connectivity index (χ2n) is 10.4. The van der Waals surface area contributed by atoms with Gasteiger partial charge < -0.3 is 26.4 Å². The molecule has 0 fully saturated rings. The third kappa shape index (κ3) is 11.8. The quantitative estimate of drug-likeness (QED) is 0.148. The molecule has 6 heteroatoms. The van der Waals surface area contributed by atoms with Gasteiger partial charge in [0.25, 0.3) is 0 Å². The molecular weight excluding hydrogens is 464 g/mol. The molecule has 0 aliphatic carbocycles. The van der Waals surface area contributed by atoms with Crippen molar-refractivity contribution in [3.05, 3.63) is 78.9 Å². The van der Waals surface area contributed by atoms with Gasteiger partial charge in [-0.15, -0.1) is 0 Å². The second kappa shape index (κ2) is 16.8. The van der Waals surface area contributed by atoms with E-state index in [1.165, 1.54) is 0 Å². The van der Waals surface area contributed by atoms with E-state index in [0.717, 1.165) is 18.4 Å². The van der Waals surface area contributed by atoms with Crippen LogP contribution in [-0.4, -0.2) is 39.6 Å². The first-order valence-corrected chi connectivity index (χ1v) is 13.3. The highest BCUT2D eigenvalue weighted by Gasteiger charge is 2.31. The second-order valence-corrected chi connectivity index (χ2v) is 10.4. The normalized spacial score (nSPS) is 18.8. The molecule has 6 nitrogen and oxygen atoms in total. The number of nitrogens with one attached hydrogen (secondary N) is 1. The van der Waals surface area contributed by atoms with Gasteiger partial charge in [0.2, 0.25) is 0 Å². The molecule has 0 radical (unpaired) electrons. The molecule has 2 amide bonds. The molecule has 0 heterocycles. The highest BCUT2D eigenvalue weighted by atomic mass is 16.3. The molecule has 0 saturated heterocycles. The number of benzene rings is 1. The summed E-state index contributed by atoms with van der Waals surface area (Å²) in [6.45, 7) is 13.5. The Morgan fingerprint density at radius 1 is 1.00 bits per heavy atom. The number of hydrogen-bond donors (Lipinski definition) is 5. The lowest BCUT2D eigenvalue weighted by Crippen LogP contribution is -2.50. The number of aliphatic hydroxyl groups excluding tert-OH is 2. The van der Waals surface area contributed by atoms with Crippen molar-refractivity contribution in [1.29, 1.82) is 0 Å². The predicted molar refractivity (Wildman–Crippen MR) is 153 cm³/mol. The van der Waals surface area contributed by atoms with Gasteiger partial charge in [-0.3, -0.25) is 0 Å². The summed E-state index contributed by atoms with van der Waals surface area (Å²) in [6.07, 6.45) is 14.7. The fourth-order valence-corrected chi connectivity index (χ4v) is 4.64. The molecule has 1 aromatic rings. The van der Waals surface area contributed by atoms with Crippen LogP contribution in [-0.2, 0) is 6.42 Å². The average Bonchev–Trinajstić information content (AvgIpc) is 2.86. The van der Waals surface area contributed by atoms with Crippen LogP contribution in [0.25, 0.3) is 0 Å². The molecule has 0 aromatic heterocycles. The van der Waals surface area contributed by atoms with Crippen molar-refractivity contribution in [2.45, 2.75) is 72.1 Å². The number of aliphatic hydroxyl groups is 2. The van der Waals surface area contributed by atoms with Gasteiger partial charge in [0, 0.05) is 23.8 Å². The zero-order valence-corrected chi connectivity index (χ0v) is 23.1. The van der Waals surface area contributed by atoms with E-state index in [9.17, 15) is 20.1 Å². The van der Waals surface area contributed by atoms with Gasteiger partial charge in [0.15, 0.2) is 0 Å². The molecule has 8 atom stereocenters. The number of carbonyl (C=O) groups is 1. The third-order valence-corrected chi connectivity index (χ3v) is 7.09. The zero-order valence-electron chi connectivity index (χ0n) is 23.1. The highest BCUT2D eigenvalue weighted by Crippen LogP contribution is 2.25. The van der Waals surface area contributed by atoms with Crippen LogP contribution in [0.15, 0.2) is 73.4 Å². The first-order chi connectivity index (χ1) is 17.5. The van der Waals surface area contributed by atoms with Crippen LogP contribution < -0.4 is 11.1 Å². The minimum Gasteiger partial charge on any atom is -0.508 e. The smallest absolute Gasteiger partial charge is 0.312 e. The summed E-state index contributed by atoms with van der Waals surface area (Å²) in [5, 5.41) is 34.1. The van der Waals surface area contributed by atoms with Crippen molar-refractivity contribution in [1.82, 2.24) is 5.32 Å². The van der Waals surface area contributed by atoms with E-state index in [1.54, 1.807) is 18.2 Å². The van der Waals surface area contributed by atoms with E-state index >= 15 is 0 Å². The number of urea groups is 1. The van der Waals surface area contributed by atoms with Crippen LogP contribution in [0.2, 0.25) is 0 Å². The summed E-state index contributed by atoms with van der Waals surface area (Å²) in [7, 11) is 0. The van der Waals surface area contributed by atoms with Crippen LogP contribution in [0.5, 0.6) is 5.75 Å². The minimum absolute atomic E-state index is 0.00222. The number of primary amides is 1. The monoisotopic (exact) mass is 512 g/mol. The topological polar surface area (TPSA) is 116 Å². The Labute approximate surface area is 223 Å². The van der Waals surface area contributed by atoms with E-state index in [0.29, 0.717) is 6.42 Å². The van der Waals surface area contributed by atoms with Crippen molar-refractivity contribution in [3.63, 3.8) is 0 Å². The molecule has 0 spiro atoms. The maximum atomic E-state index is 11.5. The molecule has 0 bridgehead atoms. The Morgan fingerprint density at radius 2 is 1.65 bits per heavy atom. The van der Waals surface area contributed by atoms with Crippen molar-refractivity contribution in [3.8, 4) is 5.75 Å². The molecule has 0 saturated carbocycles. The number of hydrogen-bond acceptors (Lipinski definition) is 4. The number of phenolic OH excluding ortho intramolecular Hbond substituents is 1. The number of aryl methyl sites for hydroxylation is 1. The summed E-state index contributed by atoms with van der Waals surface area (Å²) in [4.78, 5) is 11.5. The Hall–Kier alpha value is -2.83. The van der Waals surface area contributed by atoms with Gasteiger partial charge in [-0.2, -0.15) is 0 Å². The number of rotatable bonds is 16. The van der Waals surface area contributed by atoms with E-state index < -0.39 is 18.2 Å². The van der Waals surface area contributed by atoms with Gasteiger partial charge in [-0.25, -0.2) is 4.79 Å². The van der Waals surface area contributed by atoms with Crippen molar-refractivity contribution in [2.75, 3.05) is 0 Å². The Morgan fingerprint density at radius 3 is 2.24 bits per heavy atom. The number of phenols is 1. The average molecular weight is 513 g/mol. The lowest BCUT2D eigenvalue weighted by atomic mass is 9.81. The van der Waals surface area contributed by atoms with Crippen LogP contribution in [0.1, 0.15) is 53.0 Å². The first-order valence-electron chi connectivity index (χ1n) is 13.3. The molecule has 0 aliphatic heterocycles. The minimum atomic E-state index is -0.644. The Balaban J connectivity index is 2.60. The highest BCUT2D eigenvalue weighted by molar-refractivity contribution is 5.72. The lowest BCUT2D eigenvalue weighted by molar-refractivity contribution is 0.0438. The molecule has 1 aromatic carbocycles. The van der Waals surface area contributed by atoms with Gasteiger partial charge in [-0.1, -0.05) is 95.9 Å². The standard InChI is InChI=1S/C31H48N2O4/c1-7-8-13-21(2)28(33-31(32)37)25(6)30(36)24(5)16-11-15-23(4)29(35)22(3)14-9-10-17-26-18-12-19-27(34)20-26/h7-9,11-15,18-25,28-30,34-36H,1,10,16-17H2,2-6H3,(H3,32,33,37)/t21-,22-,23-,24-,25+,28-,29-,30+/m0/s1. The van der Waals surface area contributed by atoms with Gasteiger partial charge in [0.1, 0.15) is 5.75 Å². The van der Waals surface area contributed by atoms with Crippen molar-refractivity contribution < 1.29 is 20.1 Å². The number of carbonyl (C=O) groups excluding carboxylic acids is 1. The lowest BCUT2D eigenvalue weighted by Gasteiger charge is -2.34. The zero-order chi connectivity index (χ0) is 28.0. The van der Waals surface area contributed by atoms with E-state index in [2.05, 4.69) is 18.0 Å². The molecule has 0 unspecified atom stereocenters. The number of amides is 2. The van der Waals surface area contributed by atoms with Gasteiger partial charge in [-0.05, 0) is 48.8 Å². The molecule has 6 N–H and O–H groups in total. The molecule has 0 aliphatic rings. The fraction of sp³-hybridized carbons (Fsp3) is 0.516. The van der Waals surface area contributed by atoms with Crippen LogP contribution in [0.3, 0.4) is 0 Å². The van der Waals surface area contributed by atoms with Crippen molar-refractivity contribution >= 4 is 6.03 Å². The SMILES string of the molecule is C=CC=C[C@H](C)[C@H](NC(N)=O)[C@@H](C)[C@H](O)[C@@H](C)CC=C[C@H](C)[C@@H](O)[C@@H](C)C=CCCc1cccc(O)c1. The first kappa shape index (κ1) is 32.2. The Kier molecular flexibility index (Phi) is 14.6. The predicted octanol–water partition coefficient (Wildman–Crippen LogP) is 5.51. The van der Waals surface area contributed by atoms with E-state index in [-0.39, 0.29) is 41.4 Å². The van der Waals surface area contributed by atoms with E-state index in [4.69, 9.17) is 5.73 Å². The summed E-state index contributed by atoms with van der Waals surface area (Å²) < 4.78 is 0. The van der Waals surface area contributed by atoms with Crippen LogP contribution in [0, 0.1) is 29.6 Å². The third-order valence-electron chi connectivity index (χ3n) is 7.09. The molecule has 37 heavy (non-hydrogen) atoms. The number of nitrogens with two attached hydrogens (primary N) is 1. The fourth-order valence-electron chi connectivity index (χ4n) is 4.64. The largest absolute Gasteiger partial charge is 0.508 e. The number of aromatic hydroxyl groups is 1. The van der Waals surface area contributed by atoms with Gasteiger partial charge >= 0.3 is 6.03 Å². The molecule has 206 valence electrons. The maximum Gasteiger partial charge on any atom is 0.312 e. The maximum absolute atomic E-state index is 11.5. The molecular formula is C31H48N2O4. The molecule has 1 rings (SSSR count).